The minimum atomic E-state index is -0.0788. The average Bonchev–Trinajstić information content (AvgIpc) is 2.80. The van der Waals surface area contributed by atoms with Crippen LogP contribution in [0.25, 0.3) is 11.3 Å². The molecular formula is C16H20N2O4. The number of carbonyl (C=O) groups excluding carboxylic acids is 1. The van der Waals surface area contributed by atoms with E-state index in [1.165, 1.54) is 6.92 Å². The number of rotatable bonds is 5. The van der Waals surface area contributed by atoms with E-state index in [1.807, 2.05) is 6.92 Å². The molecule has 2 aromatic rings. The number of aromatic amines is 1. The van der Waals surface area contributed by atoms with Gasteiger partial charge in [-0.05, 0) is 26.0 Å². The number of nitrogen functional groups attached to an aromatic ring is 1. The van der Waals surface area contributed by atoms with Gasteiger partial charge in [0.25, 0.3) is 0 Å². The van der Waals surface area contributed by atoms with E-state index >= 15 is 0 Å². The summed E-state index contributed by atoms with van der Waals surface area (Å²) in [5.41, 5.74) is 9.18. The van der Waals surface area contributed by atoms with Gasteiger partial charge in [0.05, 0.1) is 38.3 Å². The van der Waals surface area contributed by atoms with Crippen molar-refractivity contribution in [3.8, 4) is 28.5 Å². The van der Waals surface area contributed by atoms with Crippen molar-refractivity contribution in [2.45, 2.75) is 13.8 Å². The summed E-state index contributed by atoms with van der Waals surface area (Å²) in [4.78, 5) is 14.9. The van der Waals surface area contributed by atoms with Crippen molar-refractivity contribution in [3.05, 3.63) is 23.4 Å². The monoisotopic (exact) mass is 304 g/mol. The molecule has 6 nitrogen and oxygen atoms in total. The number of aryl methyl sites for hydroxylation is 1. The van der Waals surface area contributed by atoms with Gasteiger partial charge in [0, 0.05) is 11.3 Å². The van der Waals surface area contributed by atoms with Gasteiger partial charge in [-0.1, -0.05) is 0 Å². The average molecular weight is 304 g/mol. The van der Waals surface area contributed by atoms with Gasteiger partial charge < -0.3 is 24.9 Å². The smallest absolute Gasteiger partial charge is 0.203 e. The van der Waals surface area contributed by atoms with E-state index in [1.54, 1.807) is 33.5 Å². The van der Waals surface area contributed by atoms with Crippen LogP contribution in [0.15, 0.2) is 12.1 Å². The van der Waals surface area contributed by atoms with E-state index in [-0.39, 0.29) is 5.78 Å². The third-order valence-corrected chi connectivity index (χ3v) is 3.53. The maximum Gasteiger partial charge on any atom is 0.203 e. The Hall–Kier alpha value is -2.63. The van der Waals surface area contributed by atoms with Gasteiger partial charge in [-0.2, -0.15) is 0 Å². The Bertz CT molecular complexity index is 694. The lowest BCUT2D eigenvalue weighted by Gasteiger charge is -2.14. The first-order valence-electron chi connectivity index (χ1n) is 6.73. The summed E-state index contributed by atoms with van der Waals surface area (Å²) in [7, 11) is 4.64. The predicted molar refractivity (Wildman–Crippen MR) is 85.0 cm³/mol. The zero-order chi connectivity index (χ0) is 16.4. The lowest BCUT2D eigenvalue weighted by atomic mass is 10.1. The number of aromatic nitrogens is 1. The van der Waals surface area contributed by atoms with E-state index < -0.39 is 0 Å². The Labute approximate surface area is 129 Å². The highest BCUT2D eigenvalue weighted by molar-refractivity contribution is 6.03. The number of carbonyl (C=O) groups is 1. The summed E-state index contributed by atoms with van der Waals surface area (Å²) < 4.78 is 16.0. The topological polar surface area (TPSA) is 86.6 Å². The van der Waals surface area contributed by atoms with Crippen LogP contribution in [0.1, 0.15) is 23.0 Å². The number of hydrogen-bond acceptors (Lipinski definition) is 5. The van der Waals surface area contributed by atoms with Gasteiger partial charge >= 0.3 is 0 Å². The Morgan fingerprint density at radius 1 is 1.09 bits per heavy atom. The second kappa shape index (κ2) is 6.01. The molecule has 2 rings (SSSR count). The predicted octanol–water partition coefficient (Wildman–Crippen LogP) is 2.80. The van der Waals surface area contributed by atoms with Crippen molar-refractivity contribution >= 4 is 11.5 Å². The SMILES string of the molecule is COc1cc(-c2[nH]c(C)c(C(C)=O)c2N)cc(OC)c1OC. The van der Waals surface area contributed by atoms with E-state index in [2.05, 4.69) is 4.98 Å². The molecule has 0 saturated heterocycles. The van der Waals surface area contributed by atoms with Gasteiger partial charge in [0.1, 0.15) is 0 Å². The Kier molecular flexibility index (Phi) is 4.30. The Morgan fingerprint density at radius 2 is 1.64 bits per heavy atom. The molecule has 0 aliphatic rings. The van der Waals surface area contributed by atoms with Crippen molar-refractivity contribution in [1.82, 2.24) is 4.98 Å². The first-order chi connectivity index (χ1) is 10.4. The van der Waals surface area contributed by atoms with Gasteiger partial charge in [-0.3, -0.25) is 4.79 Å². The molecule has 0 atom stereocenters. The van der Waals surface area contributed by atoms with Gasteiger partial charge in [0.2, 0.25) is 5.75 Å². The fourth-order valence-electron chi connectivity index (χ4n) is 2.55. The van der Waals surface area contributed by atoms with Crippen LogP contribution >= 0.6 is 0 Å². The zero-order valence-electron chi connectivity index (χ0n) is 13.4. The molecular weight excluding hydrogens is 284 g/mol. The third-order valence-electron chi connectivity index (χ3n) is 3.53. The van der Waals surface area contributed by atoms with Crippen molar-refractivity contribution in [3.63, 3.8) is 0 Å². The summed E-state index contributed by atoms with van der Waals surface area (Å²) in [6.45, 7) is 3.31. The van der Waals surface area contributed by atoms with Crippen molar-refractivity contribution in [1.29, 1.82) is 0 Å². The Morgan fingerprint density at radius 3 is 2.00 bits per heavy atom. The number of H-pyrrole nitrogens is 1. The number of Topliss-reactive ketones (excluding diaryl/α,β-unsaturated/α-hetero) is 1. The van der Waals surface area contributed by atoms with Crippen LogP contribution in [0.2, 0.25) is 0 Å². The lowest BCUT2D eigenvalue weighted by Crippen LogP contribution is -1.99. The molecule has 0 aliphatic carbocycles. The largest absolute Gasteiger partial charge is 0.493 e. The van der Waals surface area contributed by atoms with E-state index in [0.717, 1.165) is 11.3 Å². The number of ketones is 1. The van der Waals surface area contributed by atoms with Gasteiger partial charge in [-0.15, -0.1) is 0 Å². The third kappa shape index (κ3) is 2.47. The number of ether oxygens (including phenoxy) is 3. The first-order valence-corrected chi connectivity index (χ1v) is 6.73. The molecule has 0 aliphatic heterocycles. The first kappa shape index (κ1) is 15.8. The van der Waals surface area contributed by atoms with Crippen LogP contribution in [0.3, 0.4) is 0 Å². The normalized spacial score (nSPS) is 10.4. The van der Waals surface area contributed by atoms with Crippen molar-refractivity contribution < 1.29 is 19.0 Å². The lowest BCUT2D eigenvalue weighted by molar-refractivity contribution is 0.101. The number of hydrogen-bond donors (Lipinski definition) is 2. The number of nitrogens with two attached hydrogens (primary N) is 1. The van der Waals surface area contributed by atoms with E-state index in [4.69, 9.17) is 19.9 Å². The van der Waals surface area contributed by atoms with Crippen LogP contribution < -0.4 is 19.9 Å². The molecule has 118 valence electrons. The van der Waals surface area contributed by atoms with Crippen LogP contribution in [0, 0.1) is 6.92 Å². The summed E-state index contributed by atoms with van der Waals surface area (Å²) in [5, 5.41) is 0. The second-order valence-electron chi connectivity index (χ2n) is 4.88. The van der Waals surface area contributed by atoms with Crippen LogP contribution in [-0.4, -0.2) is 32.1 Å². The van der Waals surface area contributed by atoms with Crippen LogP contribution in [-0.2, 0) is 0 Å². The van der Waals surface area contributed by atoms with Crippen molar-refractivity contribution in [2.24, 2.45) is 0 Å². The summed E-state index contributed by atoms with van der Waals surface area (Å²) in [6.07, 6.45) is 0. The molecule has 1 heterocycles. The number of benzene rings is 1. The van der Waals surface area contributed by atoms with Gasteiger partial charge in [-0.25, -0.2) is 0 Å². The number of anilines is 1. The molecule has 0 bridgehead atoms. The second-order valence-corrected chi connectivity index (χ2v) is 4.88. The van der Waals surface area contributed by atoms with E-state index in [0.29, 0.717) is 34.2 Å². The van der Waals surface area contributed by atoms with Crippen LogP contribution in [0.5, 0.6) is 17.2 Å². The molecule has 0 unspecified atom stereocenters. The molecule has 1 aromatic heterocycles. The molecule has 0 saturated carbocycles. The minimum absolute atomic E-state index is 0.0788. The van der Waals surface area contributed by atoms with Gasteiger partial charge in [0.15, 0.2) is 17.3 Å². The maximum absolute atomic E-state index is 11.7. The molecule has 6 heteroatoms. The van der Waals surface area contributed by atoms with E-state index in [9.17, 15) is 4.79 Å². The minimum Gasteiger partial charge on any atom is -0.493 e. The molecule has 0 spiro atoms. The molecule has 1 aromatic carbocycles. The number of nitrogens with one attached hydrogen (secondary N) is 1. The summed E-state index contributed by atoms with van der Waals surface area (Å²) >= 11 is 0. The van der Waals surface area contributed by atoms with Crippen LogP contribution in [0.4, 0.5) is 5.69 Å². The standard InChI is InChI=1S/C16H20N2O4/c1-8-13(9(2)19)14(17)15(18-8)10-6-11(20-3)16(22-5)12(7-10)21-4/h6-7,18H,17H2,1-5H3. The molecule has 22 heavy (non-hydrogen) atoms. The fourth-order valence-corrected chi connectivity index (χ4v) is 2.55. The number of methoxy groups -OCH3 is 3. The molecule has 0 fully saturated rings. The highest BCUT2D eigenvalue weighted by atomic mass is 16.5. The highest BCUT2D eigenvalue weighted by Gasteiger charge is 2.20. The molecule has 3 N–H and O–H groups in total. The zero-order valence-corrected chi connectivity index (χ0v) is 13.4. The molecule has 0 amide bonds. The summed E-state index contributed by atoms with van der Waals surface area (Å²) in [6, 6.07) is 3.57. The fraction of sp³-hybridized carbons (Fsp3) is 0.312. The quantitative estimate of drug-likeness (QED) is 0.829. The molecule has 0 radical (unpaired) electrons. The maximum atomic E-state index is 11.7. The Balaban J connectivity index is 2.68. The highest BCUT2D eigenvalue weighted by Crippen LogP contribution is 2.42. The summed E-state index contributed by atoms with van der Waals surface area (Å²) in [5.74, 6) is 1.47. The van der Waals surface area contributed by atoms with Crippen molar-refractivity contribution in [2.75, 3.05) is 27.1 Å².